The number of para-hydroxylation sites is 4. The Morgan fingerprint density at radius 1 is 0.288 bits per heavy atom. The maximum atomic E-state index is 12.2. The van der Waals surface area contributed by atoms with Crippen LogP contribution < -0.4 is 14.7 Å². The molecule has 1 aromatic heterocycles. The van der Waals surface area contributed by atoms with Crippen LogP contribution in [0.5, 0.6) is 0 Å². The topological polar surface area (TPSA) is 14.7 Å². The van der Waals surface area contributed by atoms with E-state index in [9.17, 15) is 21.9 Å². The second kappa shape index (κ2) is 27.3. The molecule has 0 N–H and O–H groups in total. The van der Waals surface area contributed by atoms with Crippen molar-refractivity contribution in [3.8, 4) is 83.6 Å². The van der Waals surface area contributed by atoms with Crippen LogP contribution in [0.3, 0.4) is 0 Å². The van der Waals surface area contributed by atoms with Crippen molar-refractivity contribution in [1.82, 2.24) is 4.57 Å². The van der Waals surface area contributed by atoms with E-state index in [1.54, 1.807) is 27.7 Å². The fourth-order valence-electron chi connectivity index (χ4n) is 16.4. The number of benzene rings is 17. The van der Waals surface area contributed by atoms with Gasteiger partial charge in [0.2, 0.25) is 0 Å². The molecule has 17 aromatic carbocycles. The van der Waals surface area contributed by atoms with E-state index in [4.69, 9.17) is 4.11 Å². The van der Waals surface area contributed by atoms with Gasteiger partial charge in [0.15, 0.2) is 0 Å². The number of fused-ring (bicyclic) bond motifs is 16. The minimum Gasteiger partial charge on any atom is -0.310 e. The number of aromatic nitrogens is 1. The van der Waals surface area contributed by atoms with Gasteiger partial charge in [-0.15, -0.1) is 0 Å². The molecule has 20 rings (SSSR count). The van der Waals surface area contributed by atoms with E-state index in [0.717, 1.165) is 16.7 Å². The van der Waals surface area contributed by atoms with Gasteiger partial charge in [0.05, 0.1) is 76.6 Å². The molecule has 1 spiro atoms. The van der Waals surface area contributed by atoms with Crippen LogP contribution in [-0.4, -0.2) is 4.57 Å². The molecule has 0 amide bonds. The summed E-state index contributed by atoms with van der Waals surface area (Å²) in [5, 5.41) is -0.205. The molecule has 111 heavy (non-hydrogen) atoms. The molecule has 0 saturated heterocycles. The van der Waals surface area contributed by atoms with Gasteiger partial charge in [-0.3, -0.25) is 0 Å². The normalized spacial score (nSPS) is 14.9. The SMILES string of the molecule is [2H]c1cc2cc(c1[2H])C1(c3ccccc3-c3ccccc31)c1cc3c(c([2H])c1[2H])c1c([2H])c([2H])c([2H])c([2H])c1n3-c1cc(c([2H])c(N(c3cc(N(c4c(-c5ccccc5)cccc4-c4ccccc4)c4c([2H])c([2H])c([2H])c(-c5c([2H])c([2H])c([2H])c([2H])c5[2H])c4[2H])cc(C(C)(C)C)c3)c3c(-c4ccccc4)cccc3-c3ccccc3)c1[2H])N2c1ccccc1-c1ccccc1. The molecule has 6 bridgehead atoms. The first kappa shape index (κ1) is 49.0. The monoisotopic (exact) mass is 1440 g/mol. The predicted molar refractivity (Wildman–Crippen MR) is 467 cm³/mol. The largest absolute Gasteiger partial charge is 0.310 e. The average molecular weight is 1440 g/mol. The first-order valence-corrected chi connectivity index (χ1v) is 37.0. The van der Waals surface area contributed by atoms with E-state index in [1.165, 1.54) is 0 Å². The number of hydrogen-bond donors (Lipinski definition) is 0. The lowest BCUT2D eigenvalue weighted by atomic mass is 9.67. The van der Waals surface area contributed by atoms with Crippen LogP contribution in [0.2, 0.25) is 0 Å². The number of nitrogens with zero attached hydrogens (tertiary/aromatic N) is 4. The van der Waals surface area contributed by atoms with Crippen LogP contribution >= 0.6 is 0 Å². The summed E-state index contributed by atoms with van der Waals surface area (Å²) >= 11 is 0. The Labute approximate surface area is 676 Å². The van der Waals surface area contributed by atoms with Gasteiger partial charge in [-0.1, -0.05) is 360 Å². The third-order valence-corrected chi connectivity index (χ3v) is 21.4. The molecule has 0 saturated carbocycles. The fraction of sp³-hybridized carbons (Fsp3) is 0.0467. The first-order chi connectivity index (χ1) is 62.6. The zero-order chi connectivity index (χ0) is 90.7. The Bertz CT molecular complexity index is 7590. The van der Waals surface area contributed by atoms with Crippen molar-refractivity contribution in [2.45, 2.75) is 31.6 Å². The fourth-order valence-corrected chi connectivity index (χ4v) is 16.4. The summed E-state index contributed by atoms with van der Waals surface area (Å²) < 4.78 is 196. The van der Waals surface area contributed by atoms with Crippen molar-refractivity contribution in [3.05, 3.63) is 446 Å². The summed E-state index contributed by atoms with van der Waals surface area (Å²) in [5.74, 6) is 0. The maximum Gasteiger partial charge on any atom is 0.0715 e. The lowest BCUT2D eigenvalue weighted by Crippen LogP contribution is -2.29. The Balaban J connectivity index is 1.03. The molecule has 0 unspecified atom stereocenters. The van der Waals surface area contributed by atoms with E-state index < -0.39 is 113 Å². The molecule has 4 heteroatoms. The van der Waals surface area contributed by atoms with E-state index in [-0.39, 0.29) is 96.9 Å². The summed E-state index contributed by atoms with van der Waals surface area (Å²) in [4.78, 5) is 5.37. The second-order valence-electron chi connectivity index (χ2n) is 28.8. The highest BCUT2D eigenvalue weighted by Gasteiger charge is 2.47. The molecule has 1 aliphatic heterocycles. The van der Waals surface area contributed by atoms with E-state index in [2.05, 4.69) is 0 Å². The van der Waals surface area contributed by atoms with E-state index in [0.29, 0.717) is 83.8 Å². The van der Waals surface area contributed by atoms with Crippen molar-refractivity contribution in [2.75, 3.05) is 14.7 Å². The summed E-state index contributed by atoms with van der Waals surface area (Å²) in [5.41, 5.74) is 7.01. The van der Waals surface area contributed by atoms with E-state index in [1.807, 2.05) is 316 Å². The first-order valence-electron chi connectivity index (χ1n) is 46.5. The van der Waals surface area contributed by atoms with Crippen molar-refractivity contribution in [2.24, 2.45) is 0 Å². The van der Waals surface area contributed by atoms with Gasteiger partial charge in [-0.05, 0) is 162 Å². The van der Waals surface area contributed by atoms with Crippen LogP contribution in [-0.2, 0) is 10.8 Å². The quantitative estimate of drug-likeness (QED) is 0.114. The van der Waals surface area contributed by atoms with Crippen molar-refractivity contribution >= 4 is 73.0 Å². The zero-order valence-electron chi connectivity index (χ0n) is 79.7. The van der Waals surface area contributed by atoms with Crippen LogP contribution in [0.1, 0.15) is 74.6 Å². The molecule has 1 aliphatic carbocycles. The van der Waals surface area contributed by atoms with Crippen molar-refractivity contribution < 1.29 is 26.0 Å². The van der Waals surface area contributed by atoms with Gasteiger partial charge in [-0.2, -0.15) is 0 Å². The Morgan fingerprint density at radius 3 is 1.32 bits per heavy atom. The van der Waals surface area contributed by atoms with Crippen LogP contribution in [0.4, 0.5) is 51.2 Å². The molecule has 2 aliphatic rings. The number of hydrogen-bond acceptors (Lipinski definition) is 3. The minimum absolute atomic E-state index is 0.0199. The van der Waals surface area contributed by atoms with Gasteiger partial charge in [0.25, 0.3) is 0 Å². The van der Waals surface area contributed by atoms with Crippen molar-refractivity contribution in [3.63, 3.8) is 0 Å². The molecule has 4 nitrogen and oxygen atoms in total. The highest BCUT2D eigenvalue weighted by molar-refractivity contribution is 6.11. The van der Waals surface area contributed by atoms with Gasteiger partial charge in [0.1, 0.15) is 0 Å². The highest BCUT2D eigenvalue weighted by Crippen LogP contribution is 2.60. The van der Waals surface area contributed by atoms with Crippen molar-refractivity contribution in [1.29, 1.82) is 0 Å². The van der Waals surface area contributed by atoms with Crippen LogP contribution in [0.15, 0.2) is 418 Å². The van der Waals surface area contributed by atoms with Gasteiger partial charge >= 0.3 is 0 Å². The lowest BCUT2D eigenvalue weighted by Gasteiger charge is -2.37. The van der Waals surface area contributed by atoms with Gasteiger partial charge in [-0.25, -0.2) is 0 Å². The van der Waals surface area contributed by atoms with Gasteiger partial charge in [0, 0.05) is 61.3 Å². The third-order valence-electron chi connectivity index (χ3n) is 21.4. The summed E-state index contributed by atoms with van der Waals surface area (Å²) in [6.45, 7) is 6.02. The molecule has 18 aromatic rings. The summed E-state index contributed by atoms with van der Waals surface area (Å²) in [6, 6.07) is 83.7. The smallest absolute Gasteiger partial charge is 0.0715 e. The third kappa shape index (κ3) is 11.4. The van der Waals surface area contributed by atoms with Crippen LogP contribution in [0.25, 0.3) is 105 Å². The second-order valence-corrected chi connectivity index (χ2v) is 28.8. The van der Waals surface area contributed by atoms with Gasteiger partial charge < -0.3 is 19.3 Å². The van der Waals surface area contributed by atoms with Crippen LogP contribution in [0, 0.1) is 0 Å². The highest BCUT2D eigenvalue weighted by atomic mass is 15.2. The molecular formula is C107H78N4. The summed E-state index contributed by atoms with van der Waals surface area (Å²) in [6.07, 6.45) is 0. The van der Waals surface area contributed by atoms with E-state index >= 15 is 0 Å². The molecule has 0 fully saturated rings. The molecule has 526 valence electrons. The zero-order valence-corrected chi connectivity index (χ0v) is 60.7. The lowest BCUT2D eigenvalue weighted by molar-refractivity contribution is 0.590. The average Bonchev–Trinajstić information content (AvgIpc) is 1.50. The Kier molecular flexibility index (Phi) is 12.1. The number of rotatable bonds is 13. The maximum absolute atomic E-state index is 12.2. The number of anilines is 9. The Hall–Kier alpha value is -14.1. The standard InChI is InChI=1S/C107H78N4/c1-106(2,3)82-66-85(109(83-48-30-46-79(64-83)73-34-10-4-11-35-73)104-91(75-38-14-6-15-39-75)54-32-55-92(104)76-40-16-7-17-41-76)69-86(67-82)110(105-93(77-42-18-8-19-43-77)56-33-57-94(105)78-44-20-9-21-45-78)88-70-87-71-89(72-88)111-102-61-29-25-53-97(102)98-63-62-81(68-103(98)111)107(99-58-26-22-51-95(99)96-52-23-27-59-100(96)107)80-47-31-49-84(65-80)108(87)101-60-28-24-50-90(101)74-36-12-5-13-37-74/h4-72H,1-3H3/i4D,10D,11D,25D,29D,30D,31D,34D,35D,46D,47D,48D,53D,61D,62D,63D,64D,70D,72D. The molecular weight excluding hydrogens is 1340 g/mol. The predicted octanol–water partition coefficient (Wildman–Crippen LogP) is 29.2. The Morgan fingerprint density at radius 2 is 0.748 bits per heavy atom. The summed E-state index contributed by atoms with van der Waals surface area (Å²) in [7, 11) is 0. The molecule has 2 heterocycles. The molecule has 0 atom stereocenters. The minimum atomic E-state index is -1.75. The molecule has 0 radical (unpaired) electrons.